The molecule has 0 saturated heterocycles. The molecule has 1 atom stereocenters. The Bertz CT molecular complexity index is 1270. The zero-order valence-electron chi connectivity index (χ0n) is 16.5. The van der Waals surface area contributed by atoms with Crippen molar-refractivity contribution in [2.75, 3.05) is 0 Å². The minimum Gasteiger partial charge on any atom is -0.302 e. The molecule has 0 saturated carbocycles. The molecule has 0 amide bonds. The number of hydrogen-bond donors (Lipinski definition) is 0. The van der Waals surface area contributed by atoms with Crippen molar-refractivity contribution in [3.8, 4) is 0 Å². The van der Waals surface area contributed by atoms with Crippen LogP contribution in [0.1, 0.15) is 31.8 Å². The van der Waals surface area contributed by atoms with Crippen LogP contribution in [0.4, 0.5) is 26.3 Å². The summed E-state index contributed by atoms with van der Waals surface area (Å²) in [6, 6.07) is 11.2. The van der Waals surface area contributed by atoms with Crippen LogP contribution in [0.5, 0.6) is 0 Å². The second-order valence-corrected chi connectivity index (χ2v) is 11.1. The summed E-state index contributed by atoms with van der Waals surface area (Å²) >= 11 is 6.13. The van der Waals surface area contributed by atoms with Crippen molar-refractivity contribution in [3.05, 3.63) is 97.9 Å². The molecule has 0 fully saturated rings. The number of rotatable bonds is 5. The summed E-state index contributed by atoms with van der Waals surface area (Å²) in [6.07, 6.45) is -10.8. The lowest BCUT2D eigenvalue weighted by Gasteiger charge is -2.22. The maximum absolute atomic E-state index is 14.2. The van der Waals surface area contributed by atoms with Crippen LogP contribution in [0, 0.1) is 0 Å². The van der Waals surface area contributed by atoms with Gasteiger partial charge in [-0.1, -0.05) is 42.5 Å². The summed E-state index contributed by atoms with van der Waals surface area (Å²) in [5, 5.41) is -0.502. The van der Waals surface area contributed by atoms with Crippen LogP contribution in [-0.2, 0) is 16.9 Å². The summed E-state index contributed by atoms with van der Waals surface area (Å²) in [4.78, 5) is 27.1. The Balaban J connectivity index is 2.43. The van der Waals surface area contributed by atoms with Crippen LogP contribution >= 0.6 is 39.0 Å². The second-order valence-electron chi connectivity index (χ2n) is 6.88. The monoisotopic (exact) mass is 626 g/mol. The van der Waals surface area contributed by atoms with Gasteiger partial charge in [-0.15, -0.1) is 0 Å². The van der Waals surface area contributed by atoms with Crippen molar-refractivity contribution in [2.45, 2.75) is 12.4 Å². The van der Waals surface area contributed by atoms with Crippen molar-refractivity contribution in [1.29, 1.82) is 0 Å². The number of halogens is 8. The quantitative estimate of drug-likeness (QED) is 0.213. The fourth-order valence-electron chi connectivity index (χ4n) is 3.24. The molecule has 0 aliphatic rings. The van der Waals surface area contributed by atoms with Crippen LogP contribution in [0.2, 0.25) is 0 Å². The van der Waals surface area contributed by atoms with E-state index >= 15 is 0 Å². The molecule has 3 rings (SSSR count). The van der Waals surface area contributed by atoms with Gasteiger partial charge in [0.05, 0.1) is 22.3 Å². The molecule has 0 spiro atoms. The summed E-state index contributed by atoms with van der Waals surface area (Å²) < 4.78 is 96.5. The molecule has 0 heterocycles. The van der Waals surface area contributed by atoms with Crippen molar-refractivity contribution in [1.82, 2.24) is 0 Å². The largest absolute Gasteiger partial charge is 0.417 e. The average Bonchev–Trinajstić information content (AvgIpc) is 2.76. The van der Waals surface area contributed by atoms with Crippen LogP contribution in [0.15, 0.2) is 75.7 Å². The molecule has 178 valence electrons. The van der Waals surface area contributed by atoms with Gasteiger partial charge >= 0.3 is 12.4 Å². The first-order chi connectivity index (χ1) is 15.7. The number of alkyl halides is 6. The zero-order valence-corrected chi connectivity index (χ0v) is 20.6. The van der Waals surface area contributed by atoms with Crippen LogP contribution in [0.25, 0.3) is 0 Å². The Morgan fingerprint density at radius 3 is 1.47 bits per heavy atom. The molecule has 0 aliphatic heterocycles. The van der Waals surface area contributed by atoms with Crippen molar-refractivity contribution in [2.24, 2.45) is 0 Å². The highest BCUT2D eigenvalue weighted by molar-refractivity contribution is 9.11. The van der Waals surface area contributed by atoms with Crippen molar-refractivity contribution < 1.29 is 40.5 Å². The van der Waals surface area contributed by atoms with Crippen molar-refractivity contribution in [3.63, 3.8) is 0 Å². The average molecular weight is 628 g/mol. The number of carbonyl (C=O) groups excluding carboxylic acids is 2. The molecule has 0 aliphatic carbocycles. The number of benzene rings is 3. The van der Waals surface area contributed by atoms with E-state index in [2.05, 4.69) is 31.9 Å². The van der Waals surface area contributed by atoms with E-state index in [9.17, 15) is 40.5 Å². The summed E-state index contributed by atoms with van der Waals surface area (Å²) in [5.74, 6) is 0. The van der Waals surface area contributed by atoms with E-state index in [4.69, 9.17) is 0 Å². The molecule has 0 radical (unpaired) electrons. The molecular weight excluding hydrogens is 617 g/mol. The van der Waals surface area contributed by atoms with E-state index < -0.39 is 52.5 Å². The molecule has 0 bridgehead atoms. The fourth-order valence-corrected chi connectivity index (χ4v) is 7.26. The van der Waals surface area contributed by atoms with Crippen molar-refractivity contribution >= 4 is 55.4 Å². The number of hydrogen-bond acceptors (Lipinski definition) is 3. The standard InChI is InChI=1S/C22H11Br2F6O3P/c23-15-10-5-11-16(24)18(15)20(32)34(33,12-6-2-1-3-7-12)19(31)17-13(21(25,26)27)8-4-9-14(17)22(28,29)30/h1-11H. The Hall–Kier alpha value is -2.23. The Labute approximate surface area is 205 Å². The Morgan fingerprint density at radius 2 is 1.03 bits per heavy atom. The predicted molar refractivity (Wildman–Crippen MR) is 121 cm³/mol. The van der Waals surface area contributed by atoms with E-state index in [1.165, 1.54) is 36.4 Å². The van der Waals surface area contributed by atoms with Crippen LogP contribution in [0.3, 0.4) is 0 Å². The topological polar surface area (TPSA) is 51.2 Å². The van der Waals surface area contributed by atoms with Gasteiger partial charge in [0.1, 0.15) is 0 Å². The lowest BCUT2D eigenvalue weighted by Crippen LogP contribution is -2.26. The minimum atomic E-state index is -5.40. The first-order valence-corrected chi connectivity index (χ1v) is 12.5. The maximum Gasteiger partial charge on any atom is 0.417 e. The van der Waals surface area contributed by atoms with Gasteiger partial charge in [-0.05, 0) is 56.1 Å². The van der Waals surface area contributed by atoms with E-state index in [0.717, 1.165) is 12.1 Å². The van der Waals surface area contributed by atoms with E-state index in [0.29, 0.717) is 6.07 Å². The molecule has 3 nitrogen and oxygen atoms in total. The predicted octanol–water partition coefficient (Wildman–Crippen LogP) is 7.92. The van der Waals surface area contributed by atoms with Gasteiger partial charge in [0.2, 0.25) is 18.2 Å². The highest BCUT2D eigenvalue weighted by atomic mass is 79.9. The van der Waals surface area contributed by atoms with Crippen LogP contribution in [-0.4, -0.2) is 11.0 Å². The van der Waals surface area contributed by atoms with Gasteiger partial charge in [-0.3, -0.25) is 9.59 Å². The maximum atomic E-state index is 14.2. The third-order valence-corrected chi connectivity index (χ3v) is 8.70. The third-order valence-electron chi connectivity index (χ3n) is 4.76. The third kappa shape index (κ3) is 4.78. The lowest BCUT2D eigenvalue weighted by atomic mass is 10.0. The Morgan fingerprint density at radius 1 is 0.618 bits per heavy atom. The van der Waals surface area contributed by atoms with Gasteiger partial charge in [-0.2, -0.15) is 26.3 Å². The fraction of sp³-hybridized carbons (Fsp3) is 0.0909. The van der Waals surface area contributed by atoms with Gasteiger partial charge in [-0.25, -0.2) is 0 Å². The van der Waals surface area contributed by atoms with Gasteiger partial charge in [0.25, 0.3) is 0 Å². The molecule has 3 aromatic carbocycles. The molecule has 3 aromatic rings. The molecule has 34 heavy (non-hydrogen) atoms. The molecule has 0 aromatic heterocycles. The smallest absolute Gasteiger partial charge is 0.302 e. The summed E-state index contributed by atoms with van der Waals surface area (Å²) in [7, 11) is -5.28. The summed E-state index contributed by atoms with van der Waals surface area (Å²) in [6.45, 7) is 0. The lowest BCUT2D eigenvalue weighted by molar-refractivity contribution is -0.143. The summed E-state index contributed by atoms with van der Waals surface area (Å²) in [5.41, 5.74) is -9.60. The number of carbonyl (C=O) groups is 2. The Kier molecular flexibility index (Phi) is 7.32. The van der Waals surface area contributed by atoms with E-state index in [-0.39, 0.29) is 26.6 Å². The van der Waals surface area contributed by atoms with Gasteiger partial charge < -0.3 is 4.57 Å². The van der Waals surface area contributed by atoms with Gasteiger partial charge in [0, 0.05) is 14.2 Å². The van der Waals surface area contributed by atoms with E-state index in [1.807, 2.05) is 0 Å². The molecular formula is C22H11Br2F6O3P. The highest BCUT2D eigenvalue weighted by Gasteiger charge is 2.50. The van der Waals surface area contributed by atoms with Gasteiger partial charge in [0.15, 0.2) is 0 Å². The second kappa shape index (κ2) is 9.43. The zero-order chi connectivity index (χ0) is 25.5. The van der Waals surface area contributed by atoms with Crippen LogP contribution < -0.4 is 5.30 Å². The van der Waals surface area contributed by atoms with E-state index in [1.54, 1.807) is 0 Å². The highest BCUT2D eigenvalue weighted by Crippen LogP contribution is 2.55. The normalized spacial score (nSPS) is 13.9. The first-order valence-electron chi connectivity index (χ1n) is 9.17. The molecule has 0 N–H and O–H groups in total. The minimum absolute atomic E-state index is 0.0379. The molecule has 1 unspecified atom stereocenters. The SMILES string of the molecule is O=C(c1c(Br)cccc1Br)P(=O)(C(=O)c1c(C(F)(F)F)cccc1C(F)(F)F)c1ccccc1. The first kappa shape index (κ1) is 26.4. The molecule has 12 heteroatoms.